The van der Waals surface area contributed by atoms with Crippen molar-refractivity contribution >= 4 is 21.7 Å². The Morgan fingerprint density at radius 2 is 2.20 bits per heavy atom. The number of pyridine rings is 1. The van der Waals surface area contributed by atoms with Gasteiger partial charge in [-0.2, -0.15) is 5.26 Å². The van der Waals surface area contributed by atoms with Gasteiger partial charge in [0.05, 0.1) is 12.5 Å². The summed E-state index contributed by atoms with van der Waals surface area (Å²) < 4.78 is 25.0. The van der Waals surface area contributed by atoms with Crippen LogP contribution in [-0.2, 0) is 11.8 Å². The Kier molecular flexibility index (Phi) is 3.97. The molecule has 0 bridgehead atoms. The Balaban J connectivity index is 3.24. The zero-order valence-corrected chi connectivity index (χ0v) is 9.26. The molecule has 1 heterocycles. The van der Waals surface area contributed by atoms with E-state index in [4.69, 9.17) is 11.0 Å². The fraction of sp³-hybridized carbons (Fsp3) is 0.333. The van der Waals surface area contributed by atoms with Crippen molar-refractivity contribution in [3.8, 4) is 6.07 Å². The Bertz CT molecular complexity index is 401. The predicted molar refractivity (Wildman–Crippen MR) is 55.6 cm³/mol. The van der Waals surface area contributed by atoms with E-state index in [9.17, 15) is 8.78 Å². The zero-order chi connectivity index (χ0) is 11.4. The van der Waals surface area contributed by atoms with Gasteiger partial charge < -0.3 is 5.73 Å². The van der Waals surface area contributed by atoms with E-state index < -0.39 is 6.43 Å². The molecular weight excluding hydrogens is 268 g/mol. The second-order valence-corrected chi connectivity index (χ2v) is 3.41. The summed E-state index contributed by atoms with van der Waals surface area (Å²) in [5.41, 5.74) is 5.98. The summed E-state index contributed by atoms with van der Waals surface area (Å²) in [6.45, 7) is 0. The highest BCUT2D eigenvalue weighted by Crippen LogP contribution is 2.26. The van der Waals surface area contributed by atoms with Crippen molar-refractivity contribution in [1.82, 2.24) is 4.98 Å². The van der Waals surface area contributed by atoms with E-state index in [1.165, 1.54) is 6.07 Å². The van der Waals surface area contributed by atoms with Gasteiger partial charge in [0.2, 0.25) is 0 Å². The molecule has 0 spiro atoms. The largest absolute Gasteiger partial charge is 0.383 e. The molecule has 6 heteroatoms. The Morgan fingerprint density at radius 1 is 1.53 bits per heavy atom. The highest BCUT2D eigenvalue weighted by molar-refractivity contribution is 9.08. The van der Waals surface area contributed by atoms with Crippen molar-refractivity contribution < 1.29 is 8.78 Å². The fourth-order valence-corrected chi connectivity index (χ4v) is 1.60. The van der Waals surface area contributed by atoms with Gasteiger partial charge >= 0.3 is 0 Å². The molecule has 0 aliphatic rings. The molecule has 1 rings (SSSR count). The van der Waals surface area contributed by atoms with Crippen molar-refractivity contribution in [3.63, 3.8) is 0 Å². The van der Waals surface area contributed by atoms with Gasteiger partial charge in [-0.3, -0.25) is 0 Å². The van der Waals surface area contributed by atoms with E-state index in [-0.39, 0.29) is 23.3 Å². The lowest BCUT2D eigenvalue weighted by Gasteiger charge is -2.09. The van der Waals surface area contributed by atoms with Gasteiger partial charge in [0, 0.05) is 10.9 Å². The van der Waals surface area contributed by atoms with Crippen LogP contribution in [0, 0.1) is 11.3 Å². The molecule has 0 aromatic carbocycles. The SMILES string of the molecule is N#CCc1cc(CBr)c(C(F)F)nc1N. The van der Waals surface area contributed by atoms with Gasteiger partial charge in [0.1, 0.15) is 11.5 Å². The van der Waals surface area contributed by atoms with E-state index >= 15 is 0 Å². The minimum absolute atomic E-state index is 0.00319. The van der Waals surface area contributed by atoms with Crippen LogP contribution in [0.3, 0.4) is 0 Å². The van der Waals surface area contributed by atoms with Crippen LogP contribution in [0.5, 0.6) is 0 Å². The Labute approximate surface area is 94.0 Å². The number of hydrogen-bond donors (Lipinski definition) is 1. The molecule has 0 unspecified atom stereocenters. The van der Waals surface area contributed by atoms with E-state index in [2.05, 4.69) is 20.9 Å². The summed E-state index contributed by atoms with van der Waals surface area (Å²) >= 11 is 3.09. The second kappa shape index (κ2) is 5.03. The van der Waals surface area contributed by atoms with Gasteiger partial charge in [-0.1, -0.05) is 15.9 Å². The van der Waals surface area contributed by atoms with Crippen molar-refractivity contribution in [2.45, 2.75) is 18.2 Å². The van der Waals surface area contributed by atoms with Crippen LogP contribution in [0.15, 0.2) is 6.07 Å². The molecule has 1 aromatic rings. The monoisotopic (exact) mass is 275 g/mol. The summed E-state index contributed by atoms with van der Waals surface area (Å²) in [4.78, 5) is 3.61. The molecule has 0 saturated carbocycles. The highest BCUT2D eigenvalue weighted by Gasteiger charge is 2.16. The summed E-state index contributed by atoms with van der Waals surface area (Å²) in [7, 11) is 0. The molecule has 0 aliphatic carbocycles. The molecule has 2 N–H and O–H groups in total. The number of nitriles is 1. The number of hydrogen-bond acceptors (Lipinski definition) is 3. The number of halogens is 3. The number of rotatable bonds is 3. The molecule has 1 aromatic heterocycles. The third-order valence-corrected chi connectivity index (χ3v) is 2.47. The third-order valence-electron chi connectivity index (χ3n) is 1.87. The third kappa shape index (κ3) is 2.63. The molecule has 80 valence electrons. The minimum atomic E-state index is -2.66. The molecule has 0 aliphatic heterocycles. The van der Waals surface area contributed by atoms with Crippen molar-refractivity contribution in [3.05, 3.63) is 22.9 Å². The molecule has 0 saturated heterocycles. The first-order valence-electron chi connectivity index (χ1n) is 4.09. The van der Waals surface area contributed by atoms with Crippen molar-refractivity contribution in [2.24, 2.45) is 0 Å². The van der Waals surface area contributed by atoms with Gasteiger partial charge in [-0.05, 0) is 11.6 Å². The summed E-state index contributed by atoms with van der Waals surface area (Å²) in [5, 5.41) is 8.76. The van der Waals surface area contributed by atoms with Gasteiger partial charge in [-0.15, -0.1) is 0 Å². The highest BCUT2D eigenvalue weighted by atomic mass is 79.9. The summed E-state index contributed by atoms with van der Waals surface area (Å²) in [5.74, 6) is -0.00319. The molecule has 0 amide bonds. The van der Waals surface area contributed by atoms with Crippen LogP contribution in [0.1, 0.15) is 23.2 Å². The minimum Gasteiger partial charge on any atom is -0.383 e. The average molecular weight is 276 g/mol. The summed E-state index contributed by atoms with van der Waals surface area (Å²) in [6.07, 6.45) is -2.58. The van der Waals surface area contributed by atoms with E-state index in [1.54, 1.807) is 0 Å². The van der Waals surface area contributed by atoms with Crippen LogP contribution in [-0.4, -0.2) is 4.98 Å². The number of aromatic nitrogens is 1. The fourth-order valence-electron chi connectivity index (χ4n) is 1.15. The lowest BCUT2D eigenvalue weighted by Crippen LogP contribution is -2.05. The Morgan fingerprint density at radius 3 is 2.67 bits per heavy atom. The number of nitrogens with zero attached hydrogens (tertiary/aromatic N) is 2. The maximum absolute atomic E-state index is 12.5. The predicted octanol–water partition coefficient (Wildman–Crippen LogP) is 2.56. The molecular formula is C9H8BrF2N3. The van der Waals surface area contributed by atoms with Crippen molar-refractivity contribution in [1.29, 1.82) is 5.26 Å². The molecule has 3 nitrogen and oxygen atoms in total. The van der Waals surface area contributed by atoms with Crippen molar-refractivity contribution in [2.75, 3.05) is 5.73 Å². The van der Waals surface area contributed by atoms with Gasteiger partial charge in [-0.25, -0.2) is 13.8 Å². The first kappa shape index (κ1) is 11.9. The van der Waals surface area contributed by atoms with E-state index in [0.717, 1.165) is 0 Å². The smallest absolute Gasteiger partial charge is 0.280 e. The van der Waals surface area contributed by atoms with Crippen LogP contribution in [0.2, 0.25) is 0 Å². The lowest BCUT2D eigenvalue weighted by molar-refractivity contribution is 0.145. The van der Waals surface area contributed by atoms with E-state index in [1.807, 2.05) is 6.07 Å². The molecule has 0 radical (unpaired) electrons. The maximum Gasteiger partial charge on any atom is 0.280 e. The Hall–Kier alpha value is -1.22. The zero-order valence-electron chi connectivity index (χ0n) is 7.67. The van der Waals surface area contributed by atoms with Gasteiger partial charge in [0.15, 0.2) is 0 Å². The standard InChI is InChI=1S/C9H8BrF2N3/c10-4-6-3-5(1-2-13)9(14)15-7(6)8(11)12/h3,8H,1,4H2,(H2,14,15). The maximum atomic E-state index is 12.5. The molecule has 15 heavy (non-hydrogen) atoms. The molecule has 0 atom stereocenters. The quantitative estimate of drug-likeness (QED) is 0.863. The second-order valence-electron chi connectivity index (χ2n) is 2.85. The average Bonchev–Trinajstić information content (AvgIpc) is 2.20. The lowest BCUT2D eigenvalue weighted by atomic mass is 10.1. The molecule has 0 fully saturated rings. The summed E-state index contributed by atoms with van der Waals surface area (Å²) in [6, 6.07) is 3.39. The van der Waals surface area contributed by atoms with Crippen LogP contribution < -0.4 is 5.73 Å². The van der Waals surface area contributed by atoms with E-state index in [0.29, 0.717) is 11.1 Å². The van der Waals surface area contributed by atoms with Crippen LogP contribution in [0.4, 0.5) is 14.6 Å². The van der Waals surface area contributed by atoms with Gasteiger partial charge in [0.25, 0.3) is 6.43 Å². The number of alkyl halides is 3. The normalized spacial score (nSPS) is 10.3. The number of nitrogen functional groups attached to an aromatic ring is 1. The number of nitrogens with two attached hydrogens (primary N) is 1. The number of anilines is 1. The topological polar surface area (TPSA) is 62.7 Å². The van der Waals surface area contributed by atoms with Crippen LogP contribution >= 0.6 is 15.9 Å². The first-order chi connectivity index (χ1) is 7.10. The first-order valence-corrected chi connectivity index (χ1v) is 5.21. The van der Waals surface area contributed by atoms with Crippen LogP contribution in [0.25, 0.3) is 0 Å².